The average molecular weight is 442 g/mol. The van der Waals surface area contributed by atoms with Crippen molar-refractivity contribution < 1.29 is 22.8 Å². The quantitative estimate of drug-likeness (QED) is 0.741. The number of anilines is 2. The van der Waals surface area contributed by atoms with Crippen LogP contribution >= 0.6 is 11.6 Å². The van der Waals surface area contributed by atoms with Gasteiger partial charge in [0.05, 0.1) is 10.6 Å². The van der Waals surface area contributed by atoms with E-state index in [9.17, 15) is 22.8 Å². The highest BCUT2D eigenvalue weighted by Crippen LogP contribution is 2.34. The lowest BCUT2D eigenvalue weighted by Crippen LogP contribution is -2.37. The van der Waals surface area contributed by atoms with Crippen LogP contribution in [0, 0.1) is 0 Å². The number of nitrogens with zero attached hydrogens (tertiary/aromatic N) is 3. The SMILES string of the molecule is CCC(=O)Nc1cc(C(=O)NC2CCN(c3ncc(C(F)(F)F)cc3Cl)C2)ccn1. The van der Waals surface area contributed by atoms with Gasteiger partial charge in [-0.2, -0.15) is 13.2 Å². The van der Waals surface area contributed by atoms with Gasteiger partial charge in [0, 0.05) is 43.5 Å². The van der Waals surface area contributed by atoms with E-state index in [4.69, 9.17) is 11.6 Å². The molecule has 11 heteroatoms. The number of hydrogen-bond donors (Lipinski definition) is 2. The fourth-order valence-corrected chi connectivity index (χ4v) is 3.31. The van der Waals surface area contributed by atoms with Crippen LogP contribution in [0.3, 0.4) is 0 Å². The molecule has 160 valence electrons. The smallest absolute Gasteiger partial charge is 0.353 e. The van der Waals surface area contributed by atoms with Gasteiger partial charge in [0.15, 0.2) is 0 Å². The Morgan fingerprint density at radius 3 is 2.73 bits per heavy atom. The van der Waals surface area contributed by atoms with Gasteiger partial charge in [0.1, 0.15) is 11.6 Å². The summed E-state index contributed by atoms with van der Waals surface area (Å²) in [5.74, 6) is -0.0340. The van der Waals surface area contributed by atoms with Crippen LogP contribution in [0.2, 0.25) is 5.02 Å². The molecule has 2 amide bonds. The summed E-state index contributed by atoms with van der Waals surface area (Å²) in [5, 5.41) is 5.37. The molecule has 3 rings (SSSR count). The highest BCUT2D eigenvalue weighted by Gasteiger charge is 2.33. The van der Waals surface area contributed by atoms with E-state index in [1.165, 1.54) is 18.3 Å². The predicted molar refractivity (Wildman–Crippen MR) is 105 cm³/mol. The Morgan fingerprint density at radius 1 is 1.30 bits per heavy atom. The molecule has 0 spiro atoms. The van der Waals surface area contributed by atoms with E-state index in [-0.39, 0.29) is 40.9 Å². The Balaban J connectivity index is 1.63. The molecule has 1 aliphatic heterocycles. The molecule has 1 aliphatic rings. The van der Waals surface area contributed by atoms with Gasteiger partial charge in [-0.25, -0.2) is 9.97 Å². The molecular weight excluding hydrogens is 423 g/mol. The van der Waals surface area contributed by atoms with Crippen molar-refractivity contribution in [1.29, 1.82) is 0 Å². The molecule has 0 bridgehead atoms. The zero-order chi connectivity index (χ0) is 21.9. The molecule has 0 radical (unpaired) electrons. The number of carbonyl (C=O) groups is 2. The van der Waals surface area contributed by atoms with Crippen molar-refractivity contribution in [3.05, 3.63) is 46.7 Å². The summed E-state index contributed by atoms with van der Waals surface area (Å²) in [6.45, 7) is 2.54. The fourth-order valence-electron chi connectivity index (χ4n) is 3.03. The van der Waals surface area contributed by atoms with Gasteiger partial charge in [-0.05, 0) is 24.6 Å². The molecule has 0 saturated carbocycles. The minimum atomic E-state index is -4.52. The lowest BCUT2D eigenvalue weighted by molar-refractivity contribution is -0.137. The van der Waals surface area contributed by atoms with E-state index < -0.39 is 11.7 Å². The first kappa shape index (κ1) is 21.8. The summed E-state index contributed by atoms with van der Waals surface area (Å²) in [6.07, 6.45) is -1.48. The van der Waals surface area contributed by atoms with Gasteiger partial charge in [-0.1, -0.05) is 18.5 Å². The van der Waals surface area contributed by atoms with Gasteiger partial charge in [0.25, 0.3) is 5.91 Å². The normalized spacial score (nSPS) is 16.4. The second kappa shape index (κ2) is 8.86. The Bertz CT molecular complexity index is 954. The third-order valence-electron chi connectivity index (χ3n) is 4.58. The molecule has 3 heterocycles. The number of alkyl halides is 3. The van der Waals surface area contributed by atoms with Gasteiger partial charge in [-0.3, -0.25) is 9.59 Å². The maximum absolute atomic E-state index is 12.8. The van der Waals surface area contributed by atoms with Crippen molar-refractivity contribution >= 4 is 35.1 Å². The van der Waals surface area contributed by atoms with Crippen molar-refractivity contribution in [3.8, 4) is 0 Å². The monoisotopic (exact) mass is 441 g/mol. The molecular formula is C19H19ClF3N5O2. The van der Waals surface area contributed by atoms with E-state index in [2.05, 4.69) is 20.6 Å². The number of aromatic nitrogens is 2. The van der Waals surface area contributed by atoms with Crippen LogP contribution in [0.25, 0.3) is 0 Å². The first-order valence-corrected chi connectivity index (χ1v) is 9.59. The van der Waals surface area contributed by atoms with Gasteiger partial charge < -0.3 is 15.5 Å². The second-order valence-electron chi connectivity index (χ2n) is 6.76. The molecule has 0 aromatic carbocycles. The largest absolute Gasteiger partial charge is 0.417 e. The third kappa shape index (κ3) is 5.18. The average Bonchev–Trinajstić information content (AvgIpc) is 3.15. The minimum Gasteiger partial charge on any atom is -0.353 e. The summed E-state index contributed by atoms with van der Waals surface area (Å²) < 4.78 is 38.3. The molecule has 1 atom stereocenters. The van der Waals surface area contributed by atoms with E-state index in [0.717, 1.165) is 12.3 Å². The van der Waals surface area contributed by atoms with Gasteiger partial charge in [-0.15, -0.1) is 0 Å². The fraction of sp³-hybridized carbons (Fsp3) is 0.368. The molecule has 1 saturated heterocycles. The second-order valence-corrected chi connectivity index (χ2v) is 7.17. The molecule has 2 aromatic heterocycles. The van der Waals surface area contributed by atoms with Crippen molar-refractivity contribution in [2.45, 2.75) is 32.0 Å². The minimum absolute atomic E-state index is 0.0951. The molecule has 30 heavy (non-hydrogen) atoms. The highest BCUT2D eigenvalue weighted by atomic mass is 35.5. The van der Waals surface area contributed by atoms with E-state index in [1.54, 1.807) is 11.8 Å². The predicted octanol–water partition coefficient (Wildman–Crippen LogP) is 3.51. The van der Waals surface area contributed by atoms with E-state index >= 15 is 0 Å². The van der Waals surface area contributed by atoms with Crippen LogP contribution in [0.15, 0.2) is 30.6 Å². The van der Waals surface area contributed by atoms with Crippen molar-refractivity contribution in [1.82, 2.24) is 15.3 Å². The number of nitrogens with one attached hydrogen (secondary N) is 2. The molecule has 1 fully saturated rings. The van der Waals surface area contributed by atoms with Crippen LogP contribution in [0.5, 0.6) is 0 Å². The first-order chi connectivity index (χ1) is 14.2. The van der Waals surface area contributed by atoms with Crippen molar-refractivity contribution in [2.75, 3.05) is 23.3 Å². The van der Waals surface area contributed by atoms with Crippen LogP contribution < -0.4 is 15.5 Å². The number of hydrogen-bond acceptors (Lipinski definition) is 5. The standard InChI is InChI=1S/C19H19ClF3N5O2/c1-2-16(29)27-15-7-11(3-5-24-15)18(30)26-13-4-6-28(10-13)17-14(20)8-12(9-25-17)19(21,22)23/h3,5,7-9,13H,2,4,6,10H2,1H3,(H,26,30)(H,24,27,29). The first-order valence-electron chi connectivity index (χ1n) is 9.22. The summed E-state index contributed by atoms with van der Waals surface area (Å²) in [7, 11) is 0. The van der Waals surface area contributed by atoms with Crippen LogP contribution in [0.4, 0.5) is 24.8 Å². The number of rotatable bonds is 5. The summed E-state index contributed by atoms with van der Waals surface area (Å²) in [5.41, 5.74) is -0.579. The highest BCUT2D eigenvalue weighted by molar-refractivity contribution is 6.33. The summed E-state index contributed by atoms with van der Waals surface area (Å²) in [6, 6.07) is 3.61. The topological polar surface area (TPSA) is 87.2 Å². The Hall–Kier alpha value is -2.88. The number of halogens is 4. The van der Waals surface area contributed by atoms with Crippen molar-refractivity contribution in [2.24, 2.45) is 0 Å². The van der Waals surface area contributed by atoms with E-state index in [1.807, 2.05) is 0 Å². The molecule has 2 aromatic rings. The van der Waals surface area contributed by atoms with Crippen LogP contribution in [-0.2, 0) is 11.0 Å². The Labute approximate surface area is 175 Å². The lowest BCUT2D eigenvalue weighted by Gasteiger charge is -2.20. The molecule has 1 unspecified atom stereocenters. The number of pyridine rings is 2. The van der Waals surface area contributed by atoms with Crippen LogP contribution in [0.1, 0.15) is 35.7 Å². The summed E-state index contributed by atoms with van der Waals surface area (Å²) in [4.78, 5) is 33.6. The van der Waals surface area contributed by atoms with Gasteiger partial charge in [0.2, 0.25) is 5.91 Å². The summed E-state index contributed by atoms with van der Waals surface area (Å²) >= 11 is 6.00. The Morgan fingerprint density at radius 2 is 2.07 bits per heavy atom. The lowest BCUT2D eigenvalue weighted by atomic mass is 10.2. The maximum Gasteiger partial charge on any atom is 0.417 e. The van der Waals surface area contributed by atoms with Gasteiger partial charge >= 0.3 is 6.18 Å². The molecule has 0 aliphatic carbocycles. The zero-order valence-electron chi connectivity index (χ0n) is 16.0. The van der Waals surface area contributed by atoms with Crippen LogP contribution in [-0.4, -0.2) is 40.9 Å². The van der Waals surface area contributed by atoms with E-state index in [0.29, 0.717) is 25.1 Å². The molecule has 7 nitrogen and oxygen atoms in total. The number of amides is 2. The molecule has 2 N–H and O–H groups in total. The van der Waals surface area contributed by atoms with Crippen molar-refractivity contribution in [3.63, 3.8) is 0 Å². The Kier molecular flexibility index (Phi) is 6.45. The zero-order valence-corrected chi connectivity index (χ0v) is 16.7. The number of carbonyl (C=O) groups excluding carboxylic acids is 2. The third-order valence-corrected chi connectivity index (χ3v) is 4.86. The maximum atomic E-state index is 12.8.